The summed E-state index contributed by atoms with van der Waals surface area (Å²) in [5.41, 5.74) is -3.43. The zero-order valence-electron chi connectivity index (χ0n) is 9.82. The molecule has 0 aliphatic heterocycles. The molecule has 0 spiro atoms. The number of nitrogens with zero attached hydrogens (tertiary/aromatic N) is 1. The third-order valence-electron chi connectivity index (χ3n) is 3.50. The number of hydrogen-bond acceptors (Lipinski definition) is 2. The predicted octanol–water partition coefficient (Wildman–Crippen LogP) is 2.53. The van der Waals surface area contributed by atoms with Crippen molar-refractivity contribution in [2.24, 2.45) is 5.41 Å². The maximum atomic E-state index is 12.7. The van der Waals surface area contributed by atoms with Crippen molar-refractivity contribution in [1.29, 1.82) is 5.26 Å². The van der Waals surface area contributed by atoms with Crippen LogP contribution in [0.25, 0.3) is 0 Å². The van der Waals surface area contributed by atoms with E-state index in [1.54, 1.807) is 13.8 Å². The molecule has 0 atom stereocenters. The standard InChI is InChI=1S/C11H15F3N2O/c1-3-9(4-2,7-15)8(17)16-10(5-6-10)11(12,13)14/h3-6H2,1-2H3,(H,16,17). The van der Waals surface area contributed by atoms with Gasteiger partial charge in [0, 0.05) is 0 Å². The summed E-state index contributed by atoms with van der Waals surface area (Å²) >= 11 is 0. The number of rotatable bonds is 4. The Bertz CT molecular complexity index is 349. The minimum atomic E-state index is -4.44. The van der Waals surface area contributed by atoms with Gasteiger partial charge in [-0.2, -0.15) is 18.4 Å². The molecule has 1 N–H and O–H groups in total. The van der Waals surface area contributed by atoms with E-state index in [9.17, 15) is 18.0 Å². The maximum absolute atomic E-state index is 12.7. The molecule has 0 heterocycles. The number of amides is 1. The number of alkyl halides is 3. The molecule has 6 heteroatoms. The number of carbonyl (C=O) groups is 1. The van der Waals surface area contributed by atoms with Gasteiger partial charge in [0.05, 0.1) is 6.07 Å². The van der Waals surface area contributed by atoms with Gasteiger partial charge < -0.3 is 5.32 Å². The summed E-state index contributed by atoms with van der Waals surface area (Å²) in [5, 5.41) is 11.0. The van der Waals surface area contributed by atoms with Crippen molar-refractivity contribution >= 4 is 5.91 Å². The first-order valence-electron chi connectivity index (χ1n) is 5.57. The number of carbonyl (C=O) groups excluding carboxylic acids is 1. The monoisotopic (exact) mass is 248 g/mol. The minimum Gasteiger partial charge on any atom is -0.341 e. The average Bonchev–Trinajstić information content (AvgIpc) is 3.01. The maximum Gasteiger partial charge on any atom is 0.411 e. The zero-order chi connectivity index (χ0) is 13.3. The van der Waals surface area contributed by atoms with Crippen LogP contribution >= 0.6 is 0 Å². The second-order valence-electron chi connectivity index (χ2n) is 4.44. The van der Waals surface area contributed by atoms with Crippen LogP contribution in [0.2, 0.25) is 0 Å². The number of nitrogens with one attached hydrogen (secondary N) is 1. The molecule has 0 unspecified atom stereocenters. The lowest BCUT2D eigenvalue weighted by Crippen LogP contribution is -2.52. The van der Waals surface area contributed by atoms with Crippen LogP contribution in [-0.2, 0) is 4.79 Å². The van der Waals surface area contributed by atoms with Gasteiger partial charge in [0.1, 0.15) is 11.0 Å². The van der Waals surface area contributed by atoms with E-state index in [1.807, 2.05) is 11.4 Å². The van der Waals surface area contributed by atoms with Gasteiger partial charge in [-0.15, -0.1) is 0 Å². The molecule has 0 radical (unpaired) electrons. The SMILES string of the molecule is CCC(C#N)(CC)C(=O)NC1(C(F)(F)F)CC1. The van der Waals surface area contributed by atoms with Crippen LogP contribution in [-0.4, -0.2) is 17.6 Å². The van der Waals surface area contributed by atoms with E-state index >= 15 is 0 Å². The molecule has 17 heavy (non-hydrogen) atoms. The third-order valence-corrected chi connectivity index (χ3v) is 3.50. The Morgan fingerprint density at radius 3 is 2.06 bits per heavy atom. The van der Waals surface area contributed by atoms with E-state index < -0.39 is 23.0 Å². The average molecular weight is 248 g/mol. The molecule has 1 rings (SSSR count). The van der Waals surface area contributed by atoms with E-state index in [1.165, 1.54) is 0 Å². The Morgan fingerprint density at radius 1 is 1.35 bits per heavy atom. The molecule has 0 aromatic carbocycles. The van der Waals surface area contributed by atoms with Crippen LogP contribution in [0, 0.1) is 16.7 Å². The molecule has 3 nitrogen and oxygen atoms in total. The quantitative estimate of drug-likeness (QED) is 0.831. The van der Waals surface area contributed by atoms with Crippen LogP contribution in [0.4, 0.5) is 13.2 Å². The molecule has 1 fully saturated rings. The molecule has 1 aliphatic carbocycles. The number of nitriles is 1. The molecule has 1 aliphatic rings. The third kappa shape index (κ3) is 2.24. The van der Waals surface area contributed by atoms with Crippen molar-refractivity contribution in [3.05, 3.63) is 0 Å². The molecular weight excluding hydrogens is 233 g/mol. The van der Waals surface area contributed by atoms with Crippen LogP contribution in [0.15, 0.2) is 0 Å². The van der Waals surface area contributed by atoms with Crippen molar-refractivity contribution in [3.8, 4) is 6.07 Å². The van der Waals surface area contributed by atoms with E-state index in [2.05, 4.69) is 0 Å². The Balaban J connectivity index is 2.84. The van der Waals surface area contributed by atoms with Gasteiger partial charge in [0.2, 0.25) is 5.91 Å². The first kappa shape index (κ1) is 13.8. The zero-order valence-corrected chi connectivity index (χ0v) is 9.82. The summed E-state index contributed by atoms with van der Waals surface area (Å²) < 4.78 is 38.0. The van der Waals surface area contributed by atoms with Crippen molar-refractivity contribution in [3.63, 3.8) is 0 Å². The highest BCUT2D eigenvalue weighted by Crippen LogP contribution is 2.49. The second kappa shape index (κ2) is 4.21. The fraction of sp³-hybridized carbons (Fsp3) is 0.818. The summed E-state index contributed by atoms with van der Waals surface area (Å²) in [6.07, 6.45) is -4.22. The lowest BCUT2D eigenvalue weighted by atomic mass is 9.82. The Labute approximate surface area is 98.0 Å². The van der Waals surface area contributed by atoms with Crippen LogP contribution in [0.5, 0.6) is 0 Å². The van der Waals surface area contributed by atoms with Gasteiger partial charge in [0.25, 0.3) is 0 Å². The first-order valence-corrected chi connectivity index (χ1v) is 5.57. The van der Waals surface area contributed by atoms with Crippen LogP contribution in [0.3, 0.4) is 0 Å². The predicted molar refractivity (Wildman–Crippen MR) is 54.8 cm³/mol. The highest BCUT2D eigenvalue weighted by Gasteiger charge is 2.65. The molecule has 0 aromatic heterocycles. The van der Waals surface area contributed by atoms with Crippen LogP contribution in [0.1, 0.15) is 39.5 Å². The van der Waals surface area contributed by atoms with E-state index in [-0.39, 0.29) is 25.7 Å². The first-order chi connectivity index (χ1) is 7.77. The second-order valence-corrected chi connectivity index (χ2v) is 4.44. The summed E-state index contributed by atoms with van der Waals surface area (Å²) in [4.78, 5) is 11.8. The number of halogens is 3. The van der Waals surface area contributed by atoms with Crippen LogP contribution < -0.4 is 5.32 Å². The van der Waals surface area contributed by atoms with E-state index in [0.29, 0.717) is 0 Å². The molecular formula is C11H15F3N2O. The Kier molecular flexibility index (Phi) is 3.42. The molecule has 0 bridgehead atoms. The molecule has 96 valence electrons. The normalized spacial score (nSPS) is 18.4. The van der Waals surface area contributed by atoms with Gasteiger partial charge in [-0.3, -0.25) is 4.79 Å². The molecule has 1 saturated carbocycles. The largest absolute Gasteiger partial charge is 0.411 e. The summed E-state index contributed by atoms with van der Waals surface area (Å²) in [6.45, 7) is 3.25. The van der Waals surface area contributed by atoms with Crippen molar-refractivity contribution in [1.82, 2.24) is 5.32 Å². The fourth-order valence-corrected chi connectivity index (χ4v) is 1.72. The summed E-state index contributed by atoms with van der Waals surface area (Å²) in [6, 6.07) is 1.84. The van der Waals surface area contributed by atoms with E-state index in [0.717, 1.165) is 0 Å². The topological polar surface area (TPSA) is 52.9 Å². The highest BCUT2D eigenvalue weighted by atomic mass is 19.4. The van der Waals surface area contributed by atoms with Gasteiger partial charge in [-0.25, -0.2) is 0 Å². The molecule has 1 amide bonds. The lowest BCUT2D eigenvalue weighted by Gasteiger charge is -2.27. The summed E-state index contributed by atoms with van der Waals surface area (Å²) in [5.74, 6) is -0.806. The van der Waals surface area contributed by atoms with Gasteiger partial charge in [0.15, 0.2) is 0 Å². The Hall–Kier alpha value is -1.25. The fourth-order valence-electron chi connectivity index (χ4n) is 1.72. The number of hydrogen-bond donors (Lipinski definition) is 1. The minimum absolute atomic E-state index is 0.100. The van der Waals surface area contributed by atoms with Gasteiger partial charge in [-0.05, 0) is 25.7 Å². The van der Waals surface area contributed by atoms with Gasteiger partial charge in [-0.1, -0.05) is 13.8 Å². The van der Waals surface area contributed by atoms with E-state index in [4.69, 9.17) is 5.26 Å². The molecule has 0 aromatic rings. The lowest BCUT2D eigenvalue weighted by molar-refractivity contribution is -0.172. The van der Waals surface area contributed by atoms with Crippen molar-refractivity contribution < 1.29 is 18.0 Å². The summed E-state index contributed by atoms with van der Waals surface area (Å²) in [7, 11) is 0. The van der Waals surface area contributed by atoms with Gasteiger partial charge >= 0.3 is 6.18 Å². The highest BCUT2D eigenvalue weighted by molar-refractivity contribution is 5.86. The molecule has 0 saturated heterocycles. The Morgan fingerprint density at radius 2 is 1.82 bits per heavy atom. The van der Waals surface area contributed by atoms with Crippen molar-refractivity contribution in [2.45, 2.75) is 51.2 Å². The van der Waals surface area contributed by atoms with Crippen molar-refractivity contribution in [2.75, 3.05) is 0 Å². The smallest absolute Gasteiger partial charge is 0.341 e.